The Morgan fingerprint density at radius 2 is 2.16 bits per heavy atom. The highest BCUT2D eigenvalue weighted by Crippen LogP contribution is 2.46. The van der Waals surface area contributed by atoms with Crippen LogP contribution in [-0.4, -0.2) is 48.6 Å². The monoisotopic (exact) mass is 260 g/mol. The summed E-state index contributed by atoms with van der Waals surface area (Å²) in [6.45, 7) is 1.15. The van der Waals surface area contributed by atoms with Crippen molar-refractivity contribution in [1.29, 1.82) is 0 Å². The zero-order chi connectivity index (χ0) is 13.6. The molecule has 0 radical (unpaired) electrons. The summed E-state index contributed by atoms with van der Waals surface area (Å²) in [6.07, 6.45) is 0.695. The van der Waals surface area contributed by atoms with Crippen LogP contribution >= 0.6 is 0 Å². The van der Waals surface area contributed by atoms with Gasteiger partial charge < -0.3 is 10.0 Å². The lowest BCUT2D eigenvalue weighted by molar-refractivity contribution is -0.138. The molecule has 1 atom stereocenters. The molecule has 1 amide bonds. The Labute approximate surface area is 111 Å². The van der Waals surface area contributed by atoms with E-state index in [1.807, 2.05) is 29.2 Å². The third kappa shape index (κ3) is 1.65. The van der Waals surface area contributed by atoms with Crippen molar-refractivity contribution >= 4 is 17.6 Å². The number of carbonyl (C=O) groups excluding carboxylic acids is 1. The van der Waals surface area contributed by atoms with Crippen LogP contribution in [0.15, 0.2) is 24.3 Å². The number of para-hydroxylation sites is 1. The van der Waals surface area contributed by atoms with E-state index in [-0.39, 0.29) is 12.5 Å². The molecule has 1 aromatic carbocycles. The number of aliphatic carboxylic acids is 1. The van der Waals surface area contributed by atoms with E-state index >= 15 is 0 Å². The van der Waals surface area contributed by atoms with E-state index in [0.29, 0.717) is 19.5 Å². The highest BCUT2D eigenvalue weighted by Gasteiger charge is 2.53. The number of carbonyl (C=O) groups is 2. The molecule has 19 heavy (non-hydrogen) atoms. The molecule has 1 spiro atoms. The fourth-order valence-electron chi connectivity index (χ4n) is 3.33. The third-order valence-electron chi connectivity index (χ3n) is 4.20. The molecule has 5 nitrogen and oxygen atoms in total. The number of fused-ring (bicyclic) bond motifs is 2. The van der Waals surface area contributed by atoms with Gasteiger partial charge in [0.2, 0.25) is 5.91 Å². The summed E-state index contributed by atoms with van der Waals surface area (Å²) in [5, 5.41) is 8.88. The molecule has 0 bridgehead atoms. The minimum Gasteiger partial charge on any atom is -0.480 e. The van der Waals surface area contributed by atoms with Crippen molar-refractivity contribution in [1.82, 2.24) is 4.90 Å². The number of rotatable bonds is 2. The van der Waals surface area contributed by atoms with E-state index < -0.39 is 11.4 Å². The first-order chi connectivity index (χ1) is 9.04. The van der Waals surface area contributed by atoms with Gasteiger partial charge in [-0.05, 0) is 18.1 Å². The molecule has 5 heteroatoms. The lowest BCUT2D eigenvalue weighted by Gasteiger charge is -2.22. The summed E-state index contributed by atoms with van der Waals surface area (Å²) in [7, 11) is 1.79. The highest BCUT2D eigenvalue weighted by atomic mass is 16.4. The van der Waals surface area contributed by atoms with Gasteiger partial charge in [0.05, 0.1) is 12.0 Å². The van der Waals surface area contributed by atoms with Crippen LogP contribution in [0, 0.1) is 0 Å². The van der Waals surface area contributed by atoms with Crippen LogP contribution in [0.25, 0.3) is 0 Å². The van der Waals surface area contributed by atoms with Crippen LogP contribution in [0.2, 0.25) is 0 Å². The summed E-state index contributed by atoms with van der Waals surface area (Å²) in [5.74, 6) is -0.759. The van der Waals surface area contributed by atoms with Gasteiger partial charge in [0.1, 0.15) is 0 Å². The minimum absolute atomic E-state index is 0.000904. The maximum absolute atomic E-state index is 12.6. The Hall–Kier alpha value is -1.88. The fourth-order valence-corrected chi connectivity index (χ4v) is 3.33. The number of hydrogen-bond donors (Lipinski definition) is 1. The number of carboxylic acids is 1. The predicted octanol–water partition coefficient (Wildman–Crippen LogP) is 0.691. The second-order valence-electron chi connectivity index (χ2n) is 5.32. The van der Waals surface area contributed by atoms with E-state index in [1.165, 1.54) is 0 Å². The van der Waals surface area contributed by atoms with E-state index in [9.17, 15) is 9.59 Å². The maximum Gasteiger partial charge on any atom is 0.317 e. The summed E-state index contributed by atoms with van der Waals surface area (Å²) in [6, 6.07) is 7.79. The van der Waals surface area contributed by atoms with E-state index in [0.717, 1.165) is 11.3 Å². The average molecular weight is 260 g/mol. The molecule has 0 saturated carbocycles. The molecule has 2 heterocycles. The molecule has 1 aromatic rings. The van der Waals surface area contributed by atoms with Gasteiger partial charge in [-0.1, -0.05) is 18.2 Å². The predicted molar refractivity (Wildman–Crippen MR) is 70.2 cm³/mol. The van der Waals surface area contributed by atoms with Crippen LogP contribution in [0.5, 0.6) is 0 Å². The second-order valence-corrected chi connectivity index (χ2v) is 5.32. The molecule has 0 aliphatic carbocycles. The van der Waals surface area contributed by atoms with Crippen molar-refractivity contribution in [2.24, 2.45) is 0 Å². The van der Waals surface area contributed by atoms with Crippen molar-refractivity contribution in [2.45, 2.75) is 11.8 Å². The molecule has 100 valence electrons. The number of likely N-dealkylation sites (tertiary alicyclic amines) is 1. The Bertz CT molecular complexity index is 557. The zero-order valence-corrected chi connectivity index (χ0v) is 10.8. The lowest BCUT2D eigenvalue weighted by atomic mass is 9.81. The van der Waals surface area contributed by atoms with E-state index in [1.54, 1.807) is 11.9 Å². The largest absolute Gasteiger partial charge is 0.480 e. The number of carboxylic acid groups (broad SMARTS) is 1. The first kappa shape index (κ1) is 12.2. The minimum atomic E-state index is -0.843. The van der Waals surface area contributed by atoms with Crippen molar-refractivity contribution in [2.75, 3.05) is 31.6 Å². The molecule has 0 aromatic heterocycles. The number of hydrogen-bond acceptors (Lipinski definition) is 3. The molecule has 0 unspecified atom stereocenters. The Kier molecular flexibility index (Phi) is 2.60. The molecular weight excluding hydrogens is 244 g/mol. The van der Waals surface area contributed by atoms with Crippen molar-refractivity contribution < 1.29 is 14.7 Å². The Morgan fingerprint density at radius 3 is 2.89 bits per heavy atom. The smallest absolute Gasteiger partial charge is 0.317 e. The second kappa shape index (κ2) is 4.06. The number of likely N-dealkylation sites (N-methyl/N-ethyl adjacent to an activating group) is 1. The summed E-state index contributed by atoms with van der Waals surface area (Å²) >= 11 is 0. The first-order valence-corrected chi connectivity index (χ1v) is 6.36. The molecule has 2 aliphatic rings. The zero-order valence-electron chi connectivity index (χ0n) is 10.8. The number of benzene rings is 1. The molecule has 1 N–H and O–H groups in total. The molecule has 1 saturated heterocycles. The molecule has 2 aliphatic heterocycles. The molecular formula is C14H16N2O3. The van der Waals surface area contributed by atoms with Gasteiger partial charge in [0.25, 0.3) is 0 Å². The Morgan fingerprint density at radius 1 is 1.42 bits per heavy atom. The van der Waals surface area contributed by atoms with Gasteiger partial charge in [-0.2, -0.15) is 0 Å². The van der Waals surface area contributed by atoms with Crippen LogP contribution < -0.4 is 4.90 Å². The van der Waals surface area contributed by atoms with Gasteiger partial charge in [-0.3, -0.25) is 14.5 Å². The average Bonchev–Trinajstić information content (AvgIpc) is 2.88. The standard InChI is InChI=1S/C14H16N2O3/c1-15-11-5-3-2-4-10(11)14(13(15)19)6-7-16(9-14)8-12(17)18/h2-5H,6-9H2,1H3,(H,17,18)/t14-/m0/s1. The van der Waals surface area contributed by atoms with Gasteiger partial charge in [0, 0.05) is 25.8 Å². The van der Waals surface area contributed by atoms with Gasteiger partial charge in [-0.15, -0.1) is 0 Å². The lowest BCUT2D eigenvalue weighted by Crippen LogP contribution is -2.41. The molecule has 1 fully saturated rings. The van der Waals surface area contributed by atoms with Crippen LogP contribution in [0.3, 0.4) is 0 Å². The number of anilines is 1. The maximum atomic E-state index is 12.6. The normalized spacial score (nSPS) is 26.2. The summed E-state index contributed by atoms with van der Waals surface area (Å²) < 4.78 is 0. The van der Waals surface area contributed by atoms with E-state index in [2.05, 4.69) is 0 Å². The topological polar surface area (TPSA) is 60.9 Å². The molecule has 3 rings (SSSR count). The van der Waals surface area contributed by atoms with Gasteiger partial charge in [-0.25, -0.2) is 0 Å². The fraction of sp³-hybridized carbons (Fsp3) is 0.429. The van der Waals surface area contributed by atoms with Crippen LogP contribution in [0.4, 0.5) is 5.69 Å². The SMILES string of the molecule is CN1C(=O)[C@]2(CCN(CC(=O)O)C2)c2ccccc21. The first-order valence-electron chi connectivity index (χ1n) is 6.36. The number of amides is 1. The van der Waals surface area contributed by atoms with Crippen molar-refractivity contribution in [3.05, 3.63) is 29.8 Å². The van der Waals surface area contributed by atoms with Gasteiger partial charge in [0.15, 0.2) is 0 Å². The third-order valence-corrected chi connectivity index (χ3v) is 4.20. The van der Waals surface area contributed by atoms with Crippen molar-refractivity contribution in [3.8, 4) is 0 Å². The Balaban J connectivity index is 1.97. The van der Waals surface area contributed by atoms with Crippen LogP contribution in [0.1, 0.15) is 12.0 Å². The summed E-state index contributed by atoms with van der Waals surface area (Å²) in [4.78, 5) is 26.9. The quantitative estimate of drug-likeness (QED) is 0.850. The van der Waals surface area contributed by atoms with Crippen molar-refractivity contribution in [3.63, 3.8) is 0 Å². The van der Waals surface area contributed by atoms with Gasteiger partial charge >= 0.3 is 5.97 Å². The number of nitrogens with zero attached hydrogens (tertiary/aromatic N) is 2. The highest BCUT2D eigenvalue weighted by molar-refractivity contribution is 6.08. The van der Waals surface area contributed by atoms with Crippen LogP contribution in [-0.2, 0) is 15.0 Å². The summed E-state index contributed by atoms with van der Waals surface area (Å²) in [5.41, 5.74) is 1.45. The van der Waals surface area contributed by atoms with E-state index in [4.69, 9.17) is 5.11 Å².